The lowest BCUT2D eigenvalue weighted by Crippen LogP contribution is -2.19. The summed E-state index contributed by atoms with van der Waals surface area (Å²) in [7, 11) is 1.65. The van der Waals surface area contributed by atoms with Crippen molar-refractivity contribution in [2.24, 2.45) is 0 Å². The molecule has 0 amide bonds. The molecule has 0 atom stereocenters. The van der Waals surface area contributed by atoms with Gasteiger partial charge in [-0.2, -0.15) is 0 Å². The van der Waals surface area contributed by atoms with Gasteiger partial charge in [-0.1, -0.05) is 53.7 Å². The molecule has 0 saturated heterocycles. The highest BCUT2D eigenvalue weighted by molar-refractivity contribution is 5.49. The second kappa shape index (κ2) is 5.54. The van der Waals surface area contributed by atoms with Crippen molar-refractivity contribution in [1.29, 1.82) is 0 Å². The first kappa shape index (κ1) is 16.0. The van der Waals surface area contributed by atoms with E-state index in [1.54, 1.807) is 7.11 Å². The van der Waals surface area contributed by atoms with Gasteiger partial charge in [-0.3, -0.25) is 0 Å². The Hall–Kier alpha value is -1.02. The highest BCUT2D eigenvalue weighted by Gasteiger charge is 2.24. The van der Waals surface area contributed by atoms with Gasteiger partial charge in [0.25, 0.3) is 0 Å². The van der Waals surface area contributed by atoms with Crippen LogP contribution in [0.5, 0.6) is 5.75 Å². The van der Waals surface area contributed by atoms with E-state index in [2.05, 4.69) is 60.6 Å². The van der Waals surface area contributed by atoms with E-state index in [0.717, 1.165) is 5.75 Å². The summed E-state index contributed by atoms with van der Waals surface area (Å²) in [6.07, 6.45) is 0. The average molecular weight is 264 g/mol. The first-order chi connectivity index (χ1) is 8.57. The van der Waals surface area contributed by atoms with E-state index in [1.807, 2.05) is 0 Å². The van der Waals surface area contributed by atoms with Crippen molar-refractivity contribution in [3.8, 4) is 5.75 Å². The number of methoxy groups -OCH3 is 1. The van der Waals surface area contributed by atoms with Crippen molar-refractivity contribution in [2.45, 2.75) is 59.3 Å². The van der Waals surface area contributed by atoms with Gasteiger partial charge >= 0.3 is 0 Å². The van der Waals surface area contributed by atoms with Crippen LogP contribution in [-0.4, -0.2) is 13.9 Å². The molecule has 0 bridgehead atoms. The molecule has 108 valence electrons. The summed E-state index contributed by atoms with van der Waals surface area (Å²) in [4.78, 5) is 0. The molecule has 0 unspecified atom stereocenters. The third-order valence-corrected chi connectivity index (χ3v) is 3.27. The normalized spacial score (nSPS) is 12.6. The maximum absolute atomic E-state index is 5.79. The van der Waals surface area contributed by atoms with Crippen LogP contribution in [0.15, 0.2) is 12.1 Å². The van der Waals surface area contributed by atoms with Crippen molar-refractivity contribution < 1.29 is 9.47 Å². The fraction of sp³-hybridized carbons (Fsp3) is 0.647. The number of benzene rings is 1. The molecule has 0 heterocycles. The first-order valence-corrected chi connectivity index (χ1v) is 6.84. The van der Waals surface area contributed by atoms with Gasteiger partial charge in [-0.15, -0.1) is 0 Å². The van der Waals surface area contributed by atoms with Gasteiger partial charge in [0.2, 0.25) is 0 Å². The summed E-state index contributed by atoms with van der Waals surface area (Å²) in [5.74, 6) is 0.961. The van der Waals surface area contributed by atoms with E-state index in [-0.39, 0.29) is 10.8 Å². The highest BCUT2D eigenvalue weighted by Crippen LogP contribution is 2.38. The SMILES string of the molecule is COCOc1c(C)cc(C(C)(C)C)cc1C(C)(C)C. The molecule has 1 rings (SSSR count). The molecule has 0 saturated carbocycles. The summed E-state index contributed by atoms with van der Waals surface area (Å²) < 4.78 is 10.8. The van der Waals surface area contributed by atoms with Gasteiger partial charge in [0.15, 0.2) is 6.79 Å². The van der Waals surface area contributed by atoms with E-state index in [0.29, 0.717) is 6.79 Å². The largest absolute Gasteiger partial charge is 0.467 e. The smallest absolute Gasteiger partial charge is 0.188 e. The van der Waals surface area contributed by atoms with Crippen molar-refractivity contribution in [1.82, 2.24) is 0 Å². The first-order valence-electron chi connectivity index (χ1n) is 6.84. The number of ether oxygens (including phenoxy) is 2. The molecular weight excluding hydrogens is 236 g/mol. The fourth-order valence-corrected chi connectivity index (χ4v) is 2.07. The molecule has 0 spiro atoms. The number of hydrogen-bond donors (Lipinski definition) is 0. The molecule has 0 N–H and O–H groups in total. The minimum absolute atomic E-state index is 0.0507. The van der Waals surface area contributed by atoms with Crippen LogP contribution < -0.4 is 4.74 Å². The summed E-state index contributed by atoms with van der Waals surface area (Å²) in [6.45, 7) is 15.8. The molecule has 1 aromatic carbocycles. The van der Waals surface area contributed by atoms with E-state index in [9.17, 15) is 0 Å². The third kappa shape index (κ3) is 3.97. The molecule has 0 fully saturated rings. The van der Waals surface area contributed by atoms with Crippen molar-refractivity contribution in [3.63, 3.8) is 0 Å². The summed E-state index contributed by atoms with van der Waals surface area (Å²) >= 11 is 0. The molecule has 0 aromatic heterocycles. The van der Waals surface area contributed by atoms with Gasteiger partial charge in [0.1, 0.15) is 5.75 Å². The maximum atomic E-state index is 5.79. The van der Waals surface area contributed by atoms with Crippen LogP contribution >= 0.6 is 0 Å². The van der Waals surface area contributed by atoms with Crippen LogP contribution in [0.3, 0.4) is 0 Å². The Bertz CT molecular complexity index is 434. The zero-order valence-corrected chi connectivity index (χ0v) is 13.7. The molecule has 2 nitrogen and oxygen atoms in total. The molecule has 0 radical (unpaired) electrons. The lowest BCUT2D eigenvalue weighted by atomic mass is 9.79. The van der Waals surface area contributed by atoms with Crippen LogP contribution in [0.25, 0.3) is 0 Å². The van der Waals surface area contributed by atoms with E-state index >= 15 is 0 Å². The van der Waals surface area contributed by atoms with Crippen LogP contribution in [0.4, 0.5) is 0 Å². The molecule has 2 heteroatoms. The van der Waals surface area contributed by atoms with Crippen molar-refractivity contribution in [3.05, 3.63) is 28.8 Å². The fourth-order valence-electron chi connectivity index (χ4n) is 2.07. The van der Waals surface area contributed by atoms with E-state index < -0.39 is 0 Å². The third-order valence-electron chi connectivity index (χ3n) is 3.27. The van der Waals surface area contributed by atoms with Gasteiger partial charge in [0.05, 0.1) is 0 Å². The molecule has 1 aromatic rings. The summed E-state index contributed by atoms with van der Waals surface area (Å²) in [5, 5.41) is 0. The van der Waals surface area contributed by atoms with Crippen molar-refractivity contribution in [2.75, 3.05) is 13.9 Å². The minimum atomic E-state index is 0.0507. The Balaban J connectivity index is 3.39. The Morgan fingerprint density at radius 3 is 1.95 bits per heavy atom. The van der Waals surface area contributed by atoms with Crippen LogP contribution in [0.1, 0.15) is 58.2 Å². The van der Waals surface area contributed by atoms with Gasteiger partial charge in [0, 0.05) is 12.7 Å². The zero-order valence-electron chi connectivity index (χ0n) is 13.7. The summed E-state index contributed by atoms with van der Waals surface area (Å²) in [6, 6.07) is 4.50. The predicted molar refractivity (Wildman–Crippen MR) is 81.1 cm³/mol. The van der Waals surface area contributed by atoms with Gasteiger partial charge in [-0.05, 0) is 28.9 Å². The van der Waals surface area contributed by atoms with Gasteiger partial charge < -0.3 is 9.47 Å². The summed E-state index contributed by atoms with van der Waals surface area (Å²) in [5.41, 5.74) is 3.96. The predicted octanol–water partition coefficient (Wildman–Crippen LogP) is 4.57. The minimum Gasteiger partial charge on any atom is -0.467 e. The Morgan fingerprint density at radius 2 is 1.53 bits per heavy atom. The lowest BCUT2D eigenvalue weighted by molar-refractivity contribution is 0.0492. The topological polar surface area (TPSA) is 18.5 Å². The van der Waals surface area contributed by atoms with Crippen LogP contribution in [-0.2, 0) is 15.6 Å². The number of aryl methyl sites for hydroxylation is 1. The quantitative estimate of drug-likeness (QED) is 0.744. The molecule has 0 aliphatic heterocycles. The highest BCUT2D eigenvalue weighted by atomic mass is 16.7. The number of hydrogen-bond acceptors (Lipinski definition) is 2. The van der Waals surface area contributed by atoms with Crippen LogP contribution in [0, 0.1) is 6.92 Å². The molecular formula is C17H28O2. The standard InChI is InChI=1S/C17H28O2/c1-12-9-13(16(2,3)4)10-14(17(5,6)7)15(12)19-11-18-8/h9-10H,11H2,1-8H3. The second-order valence-electron chi connectivity index (χ2n) is 7.22. The van der Waals surface area contributed by atoms with Gasteiger partial charge in [-0.25, -0.2) is 0 Å². The lowest BCUT2D eigenvalue weighted by Gasteiger charge is -2.28. The Labute approximate surface area is 118 Å². The van der Waals surface area contributed by atoms with E-state index in [4.69, 9.17) is 9.47 Å². The molecule has 0 aliphatic carbocycles. The average Bonchev–Trinajstić information content (AvgIpc) is 2.23. The molecule has 0 aliphatic rings. The van der Waals surface area contributed by atoms with Crippen LogP contribution in [0.2, 0.25) is 0 Å². The molecule has 19 heavy (non-hydrogen) atoms. The Morgan fingerprint density at radius 1 is 0.947 bits per heavy atom. The Kier molecular flexibility index (Phi) is 4.67. The zero-order chi connectivity index (χ0) is 14.8. The monoisotopic (exact) mass is 264 g/mol. The maximum Gasteiger partial charge on any atom is 0.188 e. The van der Waals surface area contributed by atoms with Crippen molar-refractivity contribution >= 4 is 0 Å². The second-order valence-corrected chi connectivity index (χ2v) is 7.22. The van der Waals surface area contributed by atoms with E-state index in [1.165, 1.54) is 16.7 Å². The number of rotatable bonds is 3.